The molecule has 0 spiro atoms. The summed E-state index contributed by atoms with van der Waals surface area (Å²) in [6.07, 6.45) is -6.15. The number of alkyl halides is 3. The summed E-state index contributed by atoms with van der Waals surface area (Å²) in [6.45, 7) is 11.1. The van der Waals surface area contributed by atoms with Gasteiger partial charge in [0.15, 0.2) is 0 Å². The predicted molar refractivity (Wildman–Crippen MR) is 140 cm³/mol. The number of hydrogen-bond acceptors (Lipinski definition) is 6. The van der Waals surface area contributed by atoms with Crippen molar-refractivity contribution in [3.63, 3.8) is 0 Å². The Balaban J connectivity index is 1.75. The lowest BCUT2D eigenvalue weighted by Crippen LogP contribution is -2.50. The van der Waals surface area contributed by atoms with Crippen molar-refractivity contribution in [3.05, 3.63) is 42.0 Å². The fourth-order valence-corrected chi connectivity index (χ4v) is 5.40. The van der Waals surface area contributed by atoms with Crippen LogP contribution in [0.2, 0.25) is 0 Å². The number of ether oxygens (including phenoxy) is 2. The fraction of sp³-hybridized carbons (Fsp3) is 0.481. The van der Waals surface area contributed by atoms with Crippen molar-refractivity contribution >= 4 is 41.0 Å². The highest BCUT2D eigenvalue weighted by Crippen LogP contribution is 2.55. The third-order valence-electron chi connectivity index (χ3n) is 5.80. The molecule has 0 atom stereocenters. The molecule has 2 aliphatic rings. The van der Waals surface area contributed by atoms with E-state index in [-0.39, 0.29) is 37.6 Å². The van der Waals surface area contributed by atoms with Gasteiger partial charge in [0.25, 0.3) is 0 Å². The van der Waals surface area contributed by atoms with Gasteiger partial charge in [0, 0.05) is 36.0 Å². The molecular weight excluding hydrogens is 519 g/mol. The van der Waals surface area contributed by atoms with Crippen LogP contribution in [0.4, 0.5) is 39.8 Å². The van der Waals surface area contributed by atoms with E-state index in [0.717, 1.165) is 4.90 Å². The summed E-state index contributed by atoms with van der Waals surface area (Å²) < 4.78 is 55.5. The molecule has 1 fully saturated rings. The summed E-state index contributed by atoms with van der Waals surface area (Å²) >= 11 is 1.18. The molecule has 206 valence electrons. The number of carbonyl (C=O) groups is 2. The highest BCUT2D eigenvalue weighted by molar-refractivity contribution is 7.99. The van der Waals surface area contributed by atoms with Crippen molar-refractivity contribution in [1.82, 2.24) is 4.90 Å². The number of amides is 2. The minimum absolute atomic E-state index is 0.0476. The Hall–Kier alpha value is -3.08. The van der Waals surface area contributed by atoms with E-state index in [9.17, 15) is 22.8 Å². The van der Waals surface area contributed by atoms with Gasteiger partial charge in [-0.3, -0.25) is 0 Å². The highest BCUT2D eigenvalue weighted by atomic mass is 32.2. The first kappa shape index (κ1) is 27.9. The fourth-order valence-electron chi connectivity index (χ4n) is 4.33. The summed E-state index contributed by atoms with van der Waals surface area (Å²) in [5.41, 5.74) is -2.46. The summed E-state index contributed by atoms with van der Waals surface area (Å²) in [5.74, 6) is 0. The Bertz CT molecular complexity index is 1230. The Morgan fingerprint density at radius 2 is 1.34 bits per heavy atom. The van der Waals surface area contributed by atoms with Gasteiger partial charge in [0.1, 0.15) is 16.8 Å². The molecule has 2 aromatic rings. The van der Waals surface area contributed by atoms with Gasteiger partial charge in [-0.05, 0) is 65.8 Å². The summed E-state index contributed by atoms with van der Waals surface area (Å²) in [7, 11) is 0. The van der Waals surface area contributed by atoms with Crippen molar-refractivity contribution in [2.45, 2.75) is 68.7 Å². The maximum atomic E-state index is 14.8. The van der Waals surface area contributed by atoms with E-state index in [2.05, 4.69) is 0 Å². The molecule has 0 saturated carbocycles. The lowest BCUT2D eigenvalue weighted by Gasteiger charge is -2.40. The van der Waals surface area contributed by atoms with E-state index in [1.54, 1.807) is 76.8 Å². The molecule has 0 unspecified atom stereocenters. The Kier molecular flexibility index (Phi) is 7.28. The number of benzene rings is 2. The number of halogens is 3. The van der Waals surface area contributed by atoms with E-state index in [1.165, 1.54) is 22.7 Å². The monoisotopic (exact) mass is 551 g/mol. The van der Waals surface area contributed by atoms with Crippen LogP contribution in [0, 0.1) is 0 Å². The van der Waals surface area contributed by atoms with Crippen LogP contribution >= 0.6 is 11.8 Å². The van der Waals surface area contributed by atoms with E-state index >= 15 is 0 Å². The largest absolute Gasteiger partial charge is 0.444 e. The van der Waals surface area contributed by atoms with Crippen molar-refractivity contribution in [3.8, 4) is 0 Å². The first-order valence-electron chi connectivity index (χ1n) is 12.3. The van der Waals surface area contributed by atoms with Gasteiger partial charge in [0.2, 0.25) is 0 Å². The molecular formula is C27H32F3N3O4S. The van der Waals surface area contributed by atoms with E-state index in [1.807, 2.05) is 0 Å². The minimum atomic E-state index is -4.77. The third-order valence-corrected chi connectivity index (χ3v) is 6.91. The number of fused-ring (bicyclic) bond motifs is 2. The highest BCUT2D eigenvalue weighted by Gasteiger charge is 2.45. The quantitative estimate of drug-likeness (QED) is 0.371. The summed E-state index contributed by atoms with van der Waals surface area (Å²) in [6, 6.07) is 9.87. The molecule has 4 rings (SSSR count). The average Bonchev–Trinajstić information content (AvgIpc) is 2.79. The molecule has 1 saturated heterocycles. The number of hydrogen-bond donors (Lipinski definition) is 0. The molecule has 11 heteroatoms. The lowest BCUT2D eigenvalue weighted by molar-refractivity contribution is -0.136. The third kappa shape index (κ3) is 5.98. The normalized spacial score (nSPS) is 16.1. The van der Waals surface area contributed by atoms with Crippen LogP contribution in [0.5, 0.6) is 0 Å². The number of piperazine rings is 1. The van der Waals surface area contributed by atoms with Crippen LogP contribution < -0.4 is 9.80 Å². The van der Waals surface area contributed by atoms with Crippen molar-refractivity contribution in [2.75, 3.05) is 36.0 Å². The van der Waals surface area contributed by atoms with Crippen molar-refractivity contribution in [1.29, 1.82) is 0 Å². The second-order valence-electron chi connectivity index (χ2n) is 11.1. The minimum Gasteiger partial charge on any atom is -0.444 e. The SMILES string of the molecule is CC(C)(C)OC(=O)N1CCN(c2ccc3c(c2C(F)(F)F)N(C(=O)OC(C)(C)C)c2ccccc2S3)CC1. The zero-order valence-corrected chi connectivity index (χ0v) is 23.1. The average molecular weight is 552 g/mol. The zero-order chi connectivity index (χ0) is 28.0. The molecule has 0 aromatic heterocycles. The number of nitrogens with zero attached hydrogens (tertiary/aromatic N) is 3. The summed E-state index contributed by atoms with van der Waals surface area (Å²) in [4.78, 5) is 30.9. The number of anilines is 3. The molecule has 38 heavy (non-hydrogen) atoms. The van der Waals surface area contributed by atoms with Crippen LogP contribution in [0.3, 0.4) is 0 Å². The van der Waals surface area contributed by atoms with Gasteiger partial charge in [0.05, 0.1) is 17.1 Å². The molecule has 2 aromatic carbocycles. The van der Waals surface area contributed by atoms with E-state index < -0.39 is 35.1 Å². The Morgan fingerprint density at radius 1 is 0.763 bits per heavy atom. The van der Waals surface area contributed by atoms with Crippen LogP contribution in [0.25, 0.3) is 0 Å². The molecule has 2 amide bonds. The van der Waals surface area contributed by atoms with E-state index in [4.69, 9.17) is 9.47 Å². The second kappa shape index (κ2) is 9.91. The smallest absolute Gasteiger partial charge is 0.420 e. The van der Waals surface area contributed by atoms with Crippen molar-refractivity contribution in [2.24, 2.45) is 0 Å². The van der Waals surface area contributed by atoms with Gasteiger partial charge in [-0.15, -0.1) is 0 Å². The second-order valence-corrected chi connectivity index (χ2v) is 12.2. The predicted octanol–water partition coefficient (Wildman–Crippen LogP) is 7.30. The summed E-state index contributed by atoms with van der Waals surface area (Å²) in [5, 5.41) is 0. The van der Waals surface area contributed by atoms with Gasteiger partial charge >= 0.3 is 18.4 Å². The molecule has 0 aliphatic carbocycles. The van der Waals surface area contributed by atoms with Gasteiger partial charge in [-0.2, -0.15) is 13.2 Å². The van der Waals surface area contributed by atoms with Gasteiger partial charge < -0.3 is 19.3 Å². The van der Waals surface area contributed by atoms with Crippen molar-refractivity contribution < 1.29 is 32.2 Å². The first-order chi connectivity index (χ1) is 17.5. The maximum absolute atomic E-state index is 14.8. The molecule has 2 heterocycles. The molecule has 0 radical (unpaired) electrons. The number of rotatable bonds is 1. The molecule has 0 N–H and O–H groups in total. The van der Waals surface area contributed by atoms with Crippen LogP contribution in [-0.2, 0) is 15.7 Å². The van der Waals surface area contributed by atoms with Gasteiger partial charge in [-0.25, -0.2) is 14.5 Å². The molecule has 0 bridgehead atoms. The lowest BCUT2D eigenvalue weighted by atomic mass is 10.1. The van der Waals surface area contributed by atoms with E-state index in [0.29, 0.717) is 15.5 Å². The maximum Gasteiger partial charge on any atom is 0.420 e. The Labute approximate surface area is 224 Å². The van der Waals surface area contributed by atoms with Crippen LogP contribution in [0.15, 0.2) is 46.2 Å². The Morgan fingerprint density at radius 3 is 1.92 bits per heavy atom. The van der Waals surface area contributed by atoms with Crippen LogP contribution in [0.1, 0.15) is 47.1 Å². The molecule has 2 aliphatic heterocycles. The number of carbonyl (C=O) groups excluding carboxylic acids is 2. The number of para-hydroxylation sites is 1. The first-order valence-corrected chi connectivity index (χ1v) is 13.1. The van der Waals surface area contributed by atoms with Crippen LogP contribution in [-0.4, -0.2) is 54.5 Å². The van der Waals surface area contributed by atoms with Gasteiger partial charge in [-0.1, -0.05) is 23.9 Å². The topological polar surface area (TPSA) is 62.3 Å². The molecule has 7 nitrogen and oxygen atoms in total. The standard InChI is InChI=1S/C27H32F3N3O4S/c1-25(2,3)36-23(34)32-15-13-31(14-16-32)18-11-12-20-22(21(18)27(28,29)30)33(24(35)37-26(4,5)6)17-9-7-8-10-19(17)38-20/h7-12H,13-16H2,1-6H3. The zero-order valence-electron chi connectivity index (χ0n) is 22.3.